The number of carbonyl (C=O) groups excluding carboxylic acids is 1. The largest absolute Gasteiger partial charge is 0.351 e. The van der Waals surface area contributed by atoms with Crippen LogP contribution in [0.1, 0.15) is 26.3 Å². The summed E-state index contributed by atoms with van der Waals surface area (Å²) in [7, 11) is 0. The van der Waals surface area contributed by atoms with Crippen LogP contribution < -0.4 is 5.32 Å². The summed E-state index contributed by atoms with van der Waals surface area (Å²) in [5.41, 5.74) is -0.317. The van der Waals surface area contributed by atoms with Crippen molar-refractivity contribution < 1.29 is 27.1 Å². The maximum absolute atomic E-state index is 13.1. The Morgan fingerprint density at radius 1 is 1.23 bits per heavy atom. The van der Waals surface area contributed by atoms with Crippen LogP contribution in [0.3, 0.4) is 0 Å². The fourth-order valence-corrected chi connectivity index (χ4v) is 1.71. The fraction of sp³-hybridized carbons (Fsp3) is 0.467. The second-order valence-corrected chi connectivity index (χ2v) is 5.73. The average molecular weight is 320 g/mol. The molecule has 1 radical (unpaired) electrons. The molecule has 0 unspecified atom stereocenters. The molecular formula is C15H18F4NO2. The van der Waals surface area contributed by atoms with Crippen LogP contribution in [0.15, 0.2) is 18.2 Å². The van der Waals surface area contributed by atoms with Gasteiger partial charge in [0.2, 0.25) is 5.91 Å². The Balaban J connectivity index is 2.68. The number of carbonyl (C=O) groups is 1. The van der Waals surface area contributed by atoms with Gasteiger partial charge in [0.1, 0.15) is 0 Å². The third-order valence-corrected chi connectivity index (χ3v) is 2.97. The summed E-state index contributed by atoms with van der Waals surface area (Å²) < 4.78 is 54.3. The lowest BCUT2D eigenvalue weighted by Crippen LogP contribution is -2.39. The first kappa shape index (κ1) is 18.4. The Bertz CT molecular complexity index is 515. The maximum atomic E-state index is 13.1. The van der Waals surface area contributed by atoms with E-state index in [1.54, 1.807) is 20.8 Å². The molecule has 0 atom stereocenters. The molecule has 0 heterocycles. The molecule has 1 aromatic carbocycles. The number of hydrogen-bond acceptors (Lipinski definition) is 2. The molecule has 1 N–H and O–H groups in total. The number of halogens is 4. The highest BCUT2D eigenvalue weighted by molar-refractivity contribution is 5.91. The molecule has 3 nitrogen and oxygen atoms in total. The van der Waals surface area contributed by atoms with E-state index in [0.29, 0.717) is 5.56 Å². The quantitative estimate of drug-likeness (QED) is 0.816. The maximum Gasteiger partial charge on any atom is 0.345 e. The van der Waals surface area contributed by atoms with Crippen LogP contribution >= 0.6 is 0 Å². The van der Waals surface area contributed by atoms with E-state index in [1.807, 2.05) is 0 Å². The van der Waals surface area contributed by atoms with Crippen LogP contribution in [0.5, 0.6) is 0 Å². The summed E-state index contributed by atoms with van der Waals surface area (Å²) in [6, 6.07) is 3.23. The molecule has 0 bridgehead atoms. The van der Waals surface area contributed by atoms with Gasteiger partial charge in [-0.3, -0.25) is 4.79 Å². The van der Waals surface area contributed by atoms with E-state index in [0.717, 1.165) is 12.1 Å². The van der Waals surface area contributed by atoms with Gasteiger partial charge in [-0.25, -0.2) is 8.78 Å². The van der Waals surface area contributed by atoms with Crippen LogP contribution in [0, 0.1) is 23.0 Å². The average Bonchev–Trinajstić information content (AvgIpc) is 2.38. The lowest BCUT2D eigenvalue weighted by molar-refractivity contribution is -0.137. The molecule has 0 aromatic heterocycles. The van der Waals surface area contributed by atoms with Gasteiger partial charge in [0.15, 0.2) is 11.6 Å². The van der Waals surface area contributed by atoms with E-state index in [1.165, 1.54) is 6.07 Å². The molecule has 1 rings (SSSR count). The van der Waals surface area contributed by atoms with Gasteiger partial charge in [-0.15, -0.1) is 0 Å². The zero-order valence-electron chi connectivity index (χ0n) is 12.6. The lowest BCUT2D eigenvalue weighted by Gasteiger charge is -2.28. The predicted molar refractivity (Wildman–Crippen MR) is 72.9 cm³/mol. The number of ether oxygens (including phenoxy) is 1. The molecule has 123 valence electrons. The van der Waals surface area contributed by atoms with Crippen molar-refractivity contribution in [2.45, 2.75) is 33.9 Å². The number of benzene rings is 1. The normalized spacial score (nSPS) is 12.0. The molecule has 7 heteroatoms. The van der Waals surface area contributed by atoms with E-state index in [4.69, 9.17) is 0 Å². The minimum atomic E-state index is -2.98. The van der Waals surface area contributed by atoms with E-state index in [9.17, 15) is 22.4 Å². The van der Waals surface area contributed by atoms with Crippen LogP contribution in [0.4, 0.5) is 17.6 Å². The zero-order chi connectivity index (χ0) is 16.9. The minimum absolute atomic E-state index is 0.0513. The first-order valence-electron chi connectivity index (χ1n) is 6.59. The van der Waals surface area contributed by atoms with Gasteiger partial charge >= 0.3 is 6.61 Å². The molecule has 0 aliphatic rings. The van der Waals surface area contributed by atoms with Crippen molar-refractivity contribution in [2.75, 3.05) is 6.61 Å². The highest BCUT2D eigenvalue weighted by Crippen LogP contribution is 2.29. The summed E-state index contributed by atoms with van der Waals surface area (Å²) in [6.45, 7) is 1.53. The Morgan fingerprint density at radius 2 is 1.86 bits per heavy atom. The standard InChI is InChI=1S/C15H18F4NO2/c1-15(2,3)10(8-22-14(18)19)13(21)20-7-9-4-5-11(16)12(17)6-9/h4-6,14H,7-8H2,1-3H3,(H,20,21). The number of nitrogens with one attached hydrogen (secondary N) is 1. The van der Waals surface area contributed by atoms with Gasteiger partial charge in [0, 0.05) is 6.54 Å². The number of amides is 1. The smallest absolute Gasteiger partial charge is 0.345 e. The van der Waals surface area contributed by atoms with Gasteiger partial charge < -0.3 is 10.1 Å². The molecule has 0 fully saturated rings. The van der Waals surface area contributed by atoms with Gasteiger partial charge in [0.05, 0.1) is 12.5 Å². The number of rotatable bonds is 6. The fourth-order valence-electron chi connectivity index (χ4n) is 1.71. The number of alkyl halides is 2. The SMILES string of the molecule is CC(C)(C)[C](COC(F)F)C(=O)NCc1ccc(F)c(F)c1. The Labute approximate surface area is 126 Å². The predicted octanol–water partition coefficient (Wildman–Crippen LogP) is 3.44. The second-order valence-electron chi connectivity index (χ2n) is 5.73. The number of hydrogen-bond donors (Lipinski definition) is 1. The molecule has 0 saturated carbocycles. The summed E-state index contributed by atoms with van der Waals surface area (Å²) in [5.74, 6) is -2.44. The summed E-state index contributed by atoms with van der Waals surface area (Å²) in [4.78, 5) is 12.1. The molecule has 1 aromatic rings. The van der Waals surface area contributed by atoms with Crippen molar-refractivity contribution in [1.29, 1.82) is 0 Å². The summed E-state index contributed by atoms with van der Waals surface area (Å²) >= 11 is 0. The van der Waals surface area contributed by atoms with E-state index < -0.39 is 36.2 Å². The van der Waals surface area contributed by atoms with E-state index >= 15 is 0 Å². The molecule has 0 saturated heterocycles. The van der Waals surface area contributed by atoms with Crippen LogP contribution in [-0.2, 0) is 16.1 Å². The van der Waals surface area contributed by atoms with E-state index in [-0.39, 0.29) is 12.5 Å². The topological polar surface area (TPSA) is 38.3 Å². The van der Waals surface area contributed by atoms with Crippen molar-refractivity contribution in [1.82, 2.24) is 5.32 Å². The van der Waals surface area contributed by atoms with Crippen LogP contribution in [0.25, 0.3) is 0 Å². The van der Waals surface area contributed by atoms with Gasteiger partial charge in [0.25, 0.3) is 0 Å². The van der Waals surface area contributed by atoms with Crippen LogP contribution in [-0.4, -0.2) is 19.1 Å². The van der Waals surface area contributed by atoms with Crippen molar-refractivity contribution >= 4 is 5.91 Å². The van der Waals surface area contributed by atoms with Gasteiger partial charge in [-0.1, -0.05) is 26.8 Å². The van der Waals surface area contributed by atoms with E-state index in [2.05, 4.69) is 10.1 Å². The molecular weight excluding hydrogens is 302 g/mol. The first-order valence-corrected chi connectivity index (χ1v) is 6.59. The summed E-state index contributed by atoms with van der Waals surface area (Å²) in [5, 5.41) is 2.49. The Kier molecular flexibility index (Phi) is 6.34. The molecule has 0 spiro atoms. The summed E-state index contributed by atoms with van der Waals surface area (Å²) in [6.07, 6.45) is 0. The monoisotopic (exact) mass is 320 g/mol. The zero-order valence-corrected chi connectivity index (χ0v) is 12.6. The van der Waals surface area contributed by atoms with Crippen molar-refractivity contribution in [2.24, 2.45) is 5.41 Å². The minimum Gasteiger partial charge on any atom is -0.351 e. The molecule has 22 heavy (non-hydrogen) atoms. The van der Waals surface area contributed by atoms with Crippen molar-refractivity contribution in [3.05, 3.63) is 41.3 Å². The van der Waals surface area contributed by atoms with Crippen molar-refractivity contribution in [3.63, 3.8) is 0 Å². The third kappa shape index (κ3) is 5.63. The Hall–Kier alpha value is -1.63. The third-order valence-electron chi connectivity index (χ3n) is 2.97. The highest BCUT2D eigenvalue weighted by Gasteiger charge is 2.33. The Morgan fingerprint density at radius 3 is 2.36 bits per heavy atom. The highest BCUT2D eigenvalue weighted by atomic mass is 19.3. The molecule has 1 amide bonds. The molecule has 0 aliphatic heterocycles. The van der Waals surface area contributed by atoms with Gasteiger partial charge in [-0.2, -0.15) is 8.78 Å². The van der Waals surface area contributed by atoms with Gasteiger partial charge in [-0.05, 0) is 23.1 Å². The molecule has 0 aliphatic carbocycles. The first-order chi connectivity index (χ1) is 10.1. The van der Waals surface area contributed by atoms with Crippen LogP contribution in [0.2, 0.25) is 0 Å². The van der Waals surface area contributed by atoms with Crippen molar-refractivity contribution in [3.8, 4) is 0 Å². The lowest BCUT2D eigenvalue weighted by atomic mass is 9.80. The second kappa shape index (κ2) is 7.58.